The van der Waals surface area contributed by atoms with Crippen molar-refractivity contribution in [3.05, 3.63) is 102 Å². The summed E-state index contributed by atoms with van der Waals surface area (Å²) in [5.41, 5.74) is 2.45. The highest BCUT2D eigenvalue weighted by molar-refractivity contribution is 5.86. The number of carbonyl (C=O) groups is 2. The predicted molar refractivity (Wildman–Crippen MR) is 134 cm³/mol. The van der Waals surface area contributed by atoms with Gasteiger partial charge < -0.3 is 9.74 Å². The Balaban J connectivity index is 1.27. The maximum absolute atomic E-state index is 13.6. The summed E-state index contributed by atoms with van der Waals surface area (Å²) in [6.07, 6.45) is 1.46. The Morgan fingerprint density at radius 1 is 0.886 bits per heavy atom. The quantitative estimate of drug-likeness (QED) is 0.565. The SMILES string of the molecule is O=C(Nc1ccccc1)ON1CCC2(CC1)NC(Cc1ccccc1)C(=O)N2Cc1ccccc1. The van der Waals surface area contributed by atoms with Crippen LogP contribution in [0.4, 0.5) is 10.5 Å². The Morgan fingerprint density at radius 3 is 2.09 bits per heavy atom. The second-order valence-electron chi connectivity index (χ2n) is 9.13. The number of piperidine rings is 1. The minimum atomic E-state index is -0.509. The van der Waals surface area contributed by atoms with E-state index in [1.807, 2.05) is 71.6 Å². The Kier molecular flexibility index (Phi) is 6.79. The lowest BCUT2D eigenvalue weighted by molar-refractivity contribution is -0.146. The van der Waals surface area contributed by atoms with Crippen molar-refractivity contribution in [2.24, 2.45) is 0 Å². The molecule has 2 amide bonds. The van der Waals surface area contributed by atoms with Gasteiger partial charge in [0.2, 0.25) is 5.91 Å². The Morgan fingerprint density at radius 2 is 1.46 bits per heavy atom. The zero-order valence-corrected chi connectivity index (χ0v) is 19.6. The van der Waals surface area contributed by atoms with Gasteiger partial charge in [-0.2, -0.15) is 0 Å². The first-order valence-electron chi connectivity index (χ1n) is 12.1. The first-order chi connectivity index (χ1) is 17.1. The molecule has 1 atom stereocenters. The molecule has 1 unspecified atom stereocenters. The largest absolute Gasteiger partial charge is 0.430 e. The Labute approximate surface area is 205 Å². The van der Waals surface area contributed by atoms with Crippen molar-refractivity contribution in [3.63, 3.8) is 0 Å². The van der Waals surface area contributed by atoms with Crippen LogP contribution >= 0.6 is 0 Å². The zero-order valence-electron chi connectivity index (χ0n) is 19.6. The fourth-order valence-corrected chi connectivity index (χ4v) is 4.99. The highest BCUT2D eigenvalue weighted by Gasteiger charge is 2.51. The fourth-order valence-electron chi connectivity index (χ4n) is 4.99. The second kappa shape index (κ2) is 10.3. The van der Waals surface area contributed by atoms with Gasteiger partial charge in [-0.1, -0.05) is 78.9 Å². The number of nitrogens with zero attached hydrogens (tertiary/aromatic N) is 2. The number of anilines is 1. The van der Waals surface area contributed by atoms with Crippen molar-refractivity contribution in [2.45, 2.75) is 37.5 Å². The lowest BCUT2D eigenvalue weighted by Gasteiger charge is -2.43. The predicted octanol–water partition coefficient (Wildman–Crippen LogP) is 4.19. The lowest BCUT2D eigenvalue weighted by atomic mass is 9.96. The molecule has 0 radical (unpaired) electrons. The molecule has 0 saturated carbocycles. The number of benzene rings is 3. The van der Waals surface area contributed by atoms with Crippen LogP contribution in [0.15, 0.2) is 91.0 Å². The highest BCUT2D eigenvalue weighted by Crippen LogP contribution is 2.34. The van der Waals surface area contributed by atoms with Crippen LogP contribution in [0, 0.1) is 0 Å². The standard InChI is InChI=1S/C28H30N4O3/c33-26-25(20-22-10-4-1-5-11-22)30-28(32(26)21-23-12-6-2-7-13-23)16-18-31(19-17-28)35-27(34)29-24-14-8-3-9-15-24/h1-15,25,30H,16-21H2,(H,29,34). The first kappa shape index (κ1) is 23.1. The molecular formula is C28H30N4O3. The zero-order chi connectivity index (χ0) is 24.1. The summed E-state index contributed by atoms with van der Waals surface area (Å²) in [5.74, 6) is 0.119. The summed E-state index contributed by atoms with van der Waals surface area (Å²) in [6, 6.07) is 29.2. The second-order valence-corrected chi connectivity index (χ2v) is 9.13. The number of hydrogen-bond acceptors (Lipinski definition) is 5. The molecule has 7 heteroatoms. The number of carbonyl (C=O) groups excluding carboxylic acids is 2. The molecule has 35 heavy (non-hydrogen) atoms. The van der Waals surface area contributed by atoms with Crippen LogP contribution in [0.3, 0.4) is 0 Å². The van der Waals surface area contributed by atoms with Gasteiger partial charge in [0, 0.05) is 38.2 Å². The van der Waals surface area contributed by atoms with Crippen LogP contribution in [-0.2, 0) is 22.6 Å². The van der Waals surface area contributed by atoms with Gasteiger partial charge in [-0.05, 0) is 29.7 Å². The molecule has 2 heterocycles. The van der Waals surface area contributed by atoms with E-state index in [4.69, 9.17) is 4.84 Å². The number of hydrogen-bond donors (Lipinski definition) is 2. The van der Waals surface area contributed by atoms with Crippen molar-refractivity contribution in [2.75, 3.05) is 18.4 Å². The number of amides is 2. The topological polar surface area (TPSA) is 73.9 Å². The number of nitrogens with one attached hydrogen (secondary N) is 2. The van der Waals surface area contributed by atoms with Gasteiger partial charge in [-0.25, -0.2) is 4.79 Å². The molecule has 1 spiro atoms. The molecule has 2 saturated heterocycles. The van der Waals surface area contributed by atoms with Gasteiger partial charge in [0.05, 0.1) is 11.7 Å². The molecule has 0 bridgehead atoms. The maximum Gasteiger partial charge on any atom is 0.430 e. The van der Waals surface area contributed by atoms with E-state index in [9.17, 15) is 9.59 Å². The summed E-state index contributed by atoms with van der Waals surface area (Å²) in [6.45, 7) is 1.62. The average molecular weight is 471 g/mol. The number of hydroxylamine groups is 2. The van der Waals surface area contributed by atoms with Gasteiger partial charge in [-0.15, -0.1) is 5.06 Å². The van der Waals surface area contributed by atoms with Crippen LogP contribution in [0.5, 0.6) is 0 Å². The van der Waals surface area contributed by atoms with E-state index in [1.54, 1.807) is 5.06 Å². The van der Waals surface area contributed by atoms with Gasteiger partial charge in [0.15, 0.2) is 0 Å². The third-order valence-corrected chi connectivity index (χ3v) is 6.77. The van der Waals surface area contributed by atoms with Crippen molar-refractivity contribution >= 4 is 17.7 Å². The van der Waals surface area contributed by atoms with Crippen LogP contribution in [-0.4, -0.2) is 46.8 Å². The molecule has 0 aromatic heterocycles. The van der Waals surface area contributed by atoms with E-state index in [2.05, 4.69) is 34.9 Å². The average Bonchev–Trinajstić information content (AvgIpc) is 3.13. The van der Waals surface area contributed by atoms with Crippen molar-refractivity contribution < 1.29 is 14.4 Å². The monoisotopic (exact) mass is 470 g/mol. The molecule has 0 aliphatic carbocycles. The third kappa shape index (κ3) is 5.37. The summed E-state index contributed by atoms with van der Waals surface area (Å²) in [5, 5.41) is 8.11. The summed E-state index contributed by atoms with van der Waals surface area (Å²) < 4.78 is 0. The Hall–Kier alpha value is -3.68. The van der Waals surface area contributed by atoms with Gasteiger partial charge in [-0.3, -0.25) is 15.4 Å². The van der Waals surface area contributed by atoms with Crippen LogP contribution in [0.2, 0.25) is 0 Å². The van der Waals surface area contributed by atoms with Crippen molar-refractivity contribution in [1.29, 1.82) is 0 Å². The molecule has 7 nitrogen and oxygen atoms in total. The van der Waals surface area contributed by atoms with Crippen molar-refractivity contribution in [1.82, 2.24) is 15.3 Å². The number of rotatable bonds is 6. The summed E-state index contributed by atoms with van der Waals surface area (Å²) >= 11 is 0. The summed E-state index contributed by atoms with van der Waals surface area (Å²) in [4.78, 5) is 33.5. The summed E-state index contributed by atoms with van der Waals surface area (Å²) in [7, 11) is 0. The molecular weight excluding hydrogens is 440 g/mol. The van der Waals surface area contributed by atoms with Crippen molar-refractivity contribution in [3.8, 4) is 0 Å². The van der Waals surface area contributed by atoms with Gasteiger partial charge >= 0.3 is 6.09 Å². The van der Waals surface area contributed by atoms with E-state index in [-0.39, 0.29) is 11.9 Å². The van der Waals surface area contributed by atoms with Crippen LogP contribution in [0.1, 0.15) is 24.0 Å². The molecule has 180 valence electrons. The lowest BCUT2D eigenvalue weighted by Crippen LogP contribution is -2.58. The molecule has 2 aliphatic rings. The highest BCUT2D eigenvalue weighted by atomic mass is 16.7. The van der Waals surface area contributed by atoms with E-state index in [0.717, 1.165) is 11.1 Å². The molecule has 2 aliphatic heterocycles. The van der Waals surface area contributed by atoms with Gasteiger partial charge in [0.1, 0.15) is 0 Å². The maximum atomic E-state index is 13.6. The number of para-hydroxylation sites is 1. The molecule has 2 N–H and O–H groups in total. The fraction of sp³-hybridized carbons (Fsp3) is 0.286. The molecule has 3 aromatic carbocycles. The third-order valence-electron chi connectivity index (χ3n) is 6.77. The first-order valence-corrected chi connectivity index (χ1v) is 12.1. The van der Waals surface area contributed by atoms with E-state index >= 15 is 0 Å². The van der Waals surface area contributed by atoms with Crippen LogP contribution < -0.4 is 10.6 Å². The van der Waals surface area contributed by atoms with E-state index in [1.165, 1.54) is 0 Å². The van der Waals surface area contributed by atoms with Crippen LogP contribution in [0.25, 0.3) is 0 Å². The minimum Gasteiger partial charge on any atom is -0.351 e. The molecule has 3 aromatic rings. The van der Waals surface area contributed by atoms with E-state index in [0.29, 0.717) is 44.6 Å². The normalized spacial score (nSPS) is 19.6. The smallest absolute Gasteiger partial charge is 0.351 e. The van der Waals surface area contributed by atoms with Gasteiger partial charge in [0.25, 0.3) is 0 Å². The Bertz CT molecular complexity index is 1130. The minimum absolute atomic E-state index is 0.119. The molecule has 2 fully saturated rings. The molecule has 5 rings (SSSR count). The van der Waals surface area contributed by atoms with E-state index < -0.39 is 11.8 Å².